The zero-order chi connectivity index (χ0) is 16.2. The number of nitrogens with zero attached hydrogens (tertiary/aromatic N) is 1. The molecular weight excluding hydrogens is 366 g/mol. The summed E-state index contributed by atoms with van der Waals surface area (Å²) in [7, 11) is -2.89. The van der Waals surface area contributed by atoms with E-state index in [1.807, 2.05) is 19.1 Å². The van der Waals surface area contributed by atoms with E-state index >= 15 is 0 Å². The maximum Gasteiger partial charge on any atom is 0.191 e. The summed E-state index contributed by atoms with van der Waals surface area (Å²) >= 11 is 3.45. The second kappa shape index (κ2) is 7.46. The predicted octanol–water partition coefficient (Wildman–Crippen LogP) is 2.00. The molecule has 2 N–H and O–H groups in total. The minimum Gasteiger partial charge on any atom is -0.357 e. The molecule has 1 unspecified atom stereocenters. The van der Waals surface area contributed by atoms with E-state index in [2.05, 4.69) is 44.5 Å². The zero-order valence-corrected chi connectivity index (χ0v) is 15.3. The number of nitrogens with one attached hydrogen (secondary N) is 2. The summed E-state index contributed by atoms with van der Waals surface area (Å²) in [4.78, 5) is 4.57. The molecule has 1 atom stereocenters. The Morgan fingerprint density at radius 3 is 2.82 bits per heavy atom. The Labute approximate surface area is 140 Å². The molecule has 0 saturated carbocycles. The van der Waals surface area contributed by atoms with Gasteiger partial charge < -0.3 is 10.6 Å². The molecule has 122 valence electrons. The van der Waals surface area contributed by atoms with E-state index in [1.165, 1.54) is 5.56 Å². The molecule has 1 saturated heterocycles. The van der Waals surface area contributed by atoms with E-state index in [4.69, 9.17) is 0 Å². The van der Waals surface area contributed by atoms with Crippen LogP contribution < -0.4 is 10.6 Å². The minimum absolute atomic E-state index is 0.0474. The molecule has 1 fully saturated rings. The van der Waals surface area contributed by atoms with Crippen molar-refractivity contribution in [3.8, 4) is 0 Å². The first-order chi connectivity index (χ1) is 10.4. The van der Waals surface area contributed by atoms with E-state index in [-0.39, 0.29) is 17.5 Å². The van der Waals surface area contributed by atoms with Crippen LogP contribution in [0.4, 0.5) is 0 Å². The molecule has 1 aliphatic rings. The van der Waals surface area contributed by atoms with Crippen molar-refractivity contribution in [2.24, 2.45) is 4.99 Å². The first kappa shape index (κ1) is 17.3. The number of aliphatic imine (C=N–C) groups is 1. The molecule has 1 heterocycles. The summed E-state index contributed by atoms with van der Waals surface area (Å²) in [5, 5.41) is 6.40. The monoisotopic (exact) mass is 387 g/mol. The molecule has 7 heteroatoms. The molecule has 0 bridgehead atoms. The highest BCUT2D eigenvalue weighted by molar-refractivity contribution is 9.10. The molecule has 5 nitrogen and oxygen atoms in total. The van der Waals surface area contributed by atoms with Gasteiger partial charge in [0.2, 0.25) is 0 Å². The van der Waals surface area contributed by atoms with Crippen LogP contribution in [-0.4, -0.2) is 38.5 Å². The van der Waals surface area contributed by atoms with E-state index in [1.54, 1.807) is 0 Å². The lowest BCUT2D eigenvalue weighted by Crippen LogP contribution is -2.44. The minimum atomic E-state index is -2.89. The van der Waals surface area contributed by atoms with Gasteiger partial charge in [-0.05, 0) is 43.5 Å². The molecule has 0 radical (unpaired) electrons. The number of guanidine groups is 1. The van der Waals surface area contributed by atoms with Crippen molar-refractivity contribution in [1.29, 1.82) is 0 Å². The number of aryl methyl sites for hydroxylation is 1. The second-order valence-corrected chi connectivity index (χ2v) is 8.65. The van der Waals surface area contributed by atoms with Crippen LogP contribution in [0.25, 0.3) is 0 Å². The van der Waals surface area contributed by atoms with Gasteiger partial charge in [-0.1, -0.05) is 22.0 Å². The molecule has 0 amide bonds. The number of hydrogen-bond acceptors (Lipinski definition) is 3. The van der Waals surface area contributed by atoms with Crippen LogP contribution in [0.15, 0.2) is 27.7 Å². The van der Waals surface area contributed by atoms with Crippen molar-refractivity contribution in [2.45, 2.75) is 32.9 Å². The highest BCUT2D eigenvalue weighted by atomic mass is 79.9. The topological polar surface area (TPSA) is 70.6 Å². The lowest BCUT2D eigenvalue weighted by molar-refractivity contribution is 0.599. The predicted molar refractivity (Wildman–Crippen MR) is 93.9 cm³/mol. The number of rotatable bonds is 4. The van der Waals surface area contributed by atoms with Crippen molar-refractivity contribution < 1.29 is 8.42 Å². The quantitative estimate of drug-likeness (QED) is 0.612. The Hall–Kier alpha value is -1.08. The molecule has 0 aliphatic carbocycles. The highest BCUT2D eigenvalue weighted by Gasteiger charge is 2.28. The van der Waals surface area contributed by atoms with Gasteiger partial charge in [0.25, 0.3) is 0 Å². The van der Waals surface area contributed by atoms with Gasteiger partial charge in [0.1, 0.15) is 0 Å². The molecule has 22 heavy (non-hydrogen) atoms. The lowest BCUT2D eigenvalue weighted by Gasteiger charge is -2.16. The highest BCUT2D eigenvalue weighted by Crippen LogP contribution is 2.16. The van der Waals surface area contributed by atoms with Gasteiger partial charge in [-0.15, -0.1) is 0 Å². The lowest BCUT2D eigenvalue weighted by atomic mass is 10.1. The third-order valence-corrected chi connectivity index (χ3v) is 5.89. The Balaban J connectivity index is 2.03. The molecule has 0 spiro atoms. The van der Waals surface area contributed by atoms with Crippen molar-refractivity contribution in [3.05, 3.63) is 33.8 Å². The van der Waals surface area contributed by atoms with Gasteiger partial charge >= 0.3 is 0 Å². The summed E-state index contributed by atoms with van der Waals surface area (Å²) < 4.78 is 24.1. The van der Waals surface area contributed by atoms with Gasteiger partial charge in [0.15, 0.2) is 15.8 Å². The van der Waals surface area contributed by atoms with E-state index in [9.17, 15) is 8.42 Å². The third kappa shape index (κ3) is 4.98. The van der Waals surface area contributed by atoms with Crippen molar-refractivity contribution in [1.82, 2.24) is 10.6 Å². The second-order valence-electron chi connectivity index (χ2n) is 5.51. The van der Waals surface area contributed by atoms with Gasteiger partial charge in [0, 0.05) is 17.1 Å². The summed E-state index contributed by atoms with van der Waals surface area (Å²) in [5.41, 5.74) is 2.33. The average Bonchev–Trinajstić information content (AvgIpc) is 2.77. The molecule has 2 rings (SSSR count). The number of benzene rings is 1. The van der Waals surface area contributed by atoms with Crippen LogP contribution in [0.2, 0.25) is 0 Å². The van der Waals surface area contributed by atoms with E-state index in [0.717, 1.165) is 16.6 Å². The average molecular weight is 388 g/mol. The largest absolute Gasteiger partial charge is 0.357 e. The number of halogens is 1. The van der Waals surface area contributed by atoms with Gasteiger partial charge in [-0.2, -0.15) is 0 Å². The normalized spacial score (nSPS) is 20.9. The van der Waals surface area contributed by atoms with Crippen LogP contribution in [0.3, 0.4) is 0 Å². The first-order valence-corrected chi connectivity index (χ1v) is 10.0. The van der Waals surface area contributed by atoms with Crippen LogP contribution in [0.1, 0.15) is 24.5 Å². The fraction of sp³-hybridized carbons (Fsp3) is 0.533. The van der Waals surface area contributed by atoms with Gasteiger partial charge in [-0.25, -0.2) is 13.4 Å². The Bertz CT molecular complexity index is 659. The molecule has 1 aromatic rings. The Morgan fingerprint density at radius 1 is 1.45 bits per heavy atom. The molecule has 1 aromatic carbocycles. The van der Waals surface area contributed by atoms with Crippen molar-refractivity contribution >= 4 is 31.7 Å². The third-order valence-electron chi connectivity index (χ3n) is 3.63. The summed E-state index contributed by atoms with van der Waals surface area (Å²) in [6.07, 6.45) is 0.643. The van der Waals surface area contributed by atoms with Crippen LogP contribution in [0, 0.1) is 6.92 Å². The standard InChI is InChI=1S/C15H22BrN3O2S/c1-3-17-15(19-14-6-7-22(20,21)10-14)18-9-12-4-5-13(16)8-11(12)2/h4-5,8,14H,3,6-7,9-10H2,1-2H3,(H2,17,18,19). The maximum atomic E-state index is 11.5. The summed E-state index contributed by atoms with van der Waals surface area (Å²) in [6.45, 7) is 5.35. The van der Waals surface area contributed by atoms with Crippen molar-refractivity contribution in [3.63, 3.8) is 0 Å². The Morgan fingerprint density at radius 2 is 2.23 bits per heavy atom. The molecule has 1 aliphatic heterocycles. The number of hydrogen-bond donors (Lipinski definition) is 2. The number of sulfone groups is 1. The fourth-order valence-electron chi connectivity index (χ4n) is 2.42. The first-order valence-electron chi connectivity index (χ1n) is 7.40. The maximum absolute atomic E-state index is 11.5. The van der Waals surface area contributed by atoms with Crippen LogP contribution in [0.5, 0.6) is 0 Å². The summed E-state index contributed by atoms with van der Waals surface area (Å²) in [5.74, 6) is 1.12. The van der Waals surface area contributed by atoms with Gasteiger partial charge in [-0.3, -0.25) is 0 Å². The summed E-state index contributed by atoms with van der Waals surface area (Å²) in [6, 6.07) is 6.07. The van der Waals surface area contributed by atoms with Crippen molar-refractivity contribution in [2.75, 3.05) is 18.1 Å². The van der Waals surface area contributed by atoms with E-state index in [0.29, 0.717) is 18.9 Å². The smallest absolute Gasteiger partial charge is 0.191 e. The molecule has 0 aromatic heterocycles. The molecular formula is C15H22BrN3O2S. The van der Waals surface area contributed by atoms with Crippen LogP contribution in [-0.2, 0) is 16.4 Å². The Kier molecular flexibility index (Phi) is 5.86. The van der Waals surface area contributed by atoms with Crippen LogP contribution >= 0.6 is 15.9 Å². The fourth-order valence-corrected chi connectivity index (χ4v) is 4.57. The van der Waals surface area contributed by atoms with E-state index < -0.39 is 9.84 Å². The SMILES string of the molecule is CCNC(=NCc1ccc(Br)cc1C)NC1CCS(=O)(=O)C1. The zero-order valence-electron chi connectivity index (χ0n) is 12.9. The van der Waals surface area contributed by atoms with Gasteiger partial charge in [0.05, 0.1) is 18.1 Å².